The van der Waals surface area contributed by atoms with Crippen molar-refractivity contribution in [2.75, 3.05) is 31.1 Å². The van der Waals surface area contributed by atoms with Gasteiger partial charge in [0.05, 0.1) is 11.3 Å². The Labute approximate surface area is 172 Å². The van der Waals surface area contributed by atoms with Gasteiger partial charge in [-0.1, -0.05) is 45.0 Å². The zero-order valence-electron chi connectivity index (χ0n) is 17.1. The molecule has 0 saturated carbocycles. The molecule has 2 aromatic rings. The Kier molecular flexibility index (Phi) is 6.00. The number of sulfonamides is 1. The topological polar surface area (TPSA) is 77.9 Å². The molecule has 0 amide bonds. The Hall–Kier alpha value is -2.38. The van der Waals surface area contributed by atoms with E-state index >= 15 is 0 Å². The van der Waals surface area contributed by atoms with E-state index in [1.165, 1.54) is 22.0 Å². The first kappa shape index (κ1) is 21.3. The van der Waals surface area contributed by atoms with Crippen LogP contribution in [0, 0.1) is 0 Å². The highest BCUT2D eigenvalue weighted by Gasteiger charge is 2.29. The molecule has 3 rings (SSSR count). The lowest BCUT2D eigenvalue weighted by Gasteiger charge is -2.35. The molecule has 0 aromatic heterocycles. The summed E-state index contributed by atoms with van der Waals surface area (Å²) in [5.74, 6) is -0.981. The fourth-order valence-electron chi connectivity index (χ4n) is 3.50. The third kappa shape index (κ3) is 4.97. The van der Waals surface area contributed by atoms with Crippen molar-refractivity contribution < 1.29 is 18.3 Å². The van der Waals surface area contributed by atoms with E-state index in [4.69, 9.17) is 5.11 Å². The summed E-state index contributed by atoms with van der Waals surface area (Å²) in [5.41, 5.74) is 2.94. The Bertz CT molecular complexity index is 971. The third-order valence-corrected chi connectivity index (χ3v) is 7.12. The Morgan fingerprint density at radius 3 is 2.17 bits per heavy atom. The van der Waals surface area contributed by atoms with Crippen LogP contribution in [0.3, 0.4) is 0 Å². The fraction of sp³-hybridized carbons (Fsp3) is 0.409. The molecule has 0 bridgehead atoms. The minimum Gasteiger partial charge on any atom is -0.481 e. The van der Waals surface area contributed by atoms with E-state index in [1.54, 1.807) is 12.1 Å². The van der Waals surface area contributed by atoms with Gasteiger partial charge in [-0.2, -0.15) is 4.31 Å². The lowest BCUT2D eigenvalue weighted by molar-refractivity contribution is -0.136. The van der Waals surface area contributed by atoms with E-state index in [0.29, 0.717) is 31.7 Å². The van der Waals surface area contributed by atoms with Gasteiger partial charge in [0, 0.05) is 31.9 Å². The molecule has 29 heavy (non-hydrogen) atoms. The zero-order chi connectivity index (χ0) is 21.2. The number of carboxylic acids is 1. The normalized spacial score (nSPS) is 16.0. The van der Waals surface area contributed by atoms with E-state index < -0.39 is 16.0 Å². The molecule has 0 aliphatic carbocycles. The summed E-state index contributed by atoms with van der Waals surface area (Å²) in [6.07, 6.45) is -0.193. The maximum atomic E-state index is 13.0. The fourth-order valence-corrected chi connectivity index (χ4v) is 4.99. The number of benzene rings is 2. The summed E-state index contributed by atoms with van der Waals surface area (Å²) in [6, 6.07) is 14.7. The highest BCUT2D eigenvalue weighted by molar-refractivity contribution is 7.89. The van der Waals surface area contributed by atoms with Gasteiger partial charge in [0.1, 0.15) is 0 Å². The number of rotatable bonds is 5. The molecule has 7 heteroatoms. The molecule has 1 saturated heterocycles. The molecule has 2 aromatic carbocycles. The number of hydrogen-bond donors (Lipinski definition) is 1. The minimum absolute atomic E-state index is 0.0977. The van der Waals surface area contributed by atoms with Crippen LogP contribution in [0.4, 0.5) is 5.69 Å². The standard InChI is InChI=1S/C22H28N2O4S/c1-22(2,3)18-7-9-19(10-8-18)23-11-13-24(14-12-23)29(27,28)20-6-4-5-17(15-20)16-21(25)26/h4-10,15H,11-14,16H2,1-3H3,(H,25,26). The molecule has 6 nitrogen and oxygen atoms in total. The summed E-state index contributed by atoms with van der Waals surface area (Å²) < 4.78 is 27.4. The van der Waals surface area contributed by atoms with Crippen molar-refractivity contribution >= 4 is 21.7 Å². The van der Waals surface area contributed by atoms with Gasteiger partial charge in [0.25, 0.3) is 0 Å². The van der Waals surface area contributed by atoms with Crippen molar-refractivity contribution in [2.24, 2.45) is 0 Å². The molecule has 0 atom stereocenters. The van der Waals surface area contributed by atoms with Crippen LogP contribution >= 0.6 is 0 Å². The second-order valence-electron chi connectivity index (χ2n) is 8.41. The first-order chi connectivity index (χ1) is 13.6. The van der Waals surface area contributed by atoms with Gasteiger partial charge in [0.2, 0.25) is 10.0 Å². The molecular formula is C22H28N2O4S. The van der Waals surface area contributed by atoms with Crippen molar-refractivity contribution in [2.45, 2.75) is 37.5 Å². The number of carbonyl (C=O) groups is 1. The molecule has 0 radical (unpaired) electrons. The van der Waals surface area contributed by atoms with Crippen LogP contribution in [0.1, 0.15) is 31.9 Å². The highest BCUT2D eigenvalue weighted by atomic mass is 32.2. The van der Waals surface area contributed by atoms with Crippen molar-refractivity contribution in [3.63, 3.8) is 0 Å². The number of aliphatic carboxylic acids is 1. The van der Waals surface area contributed by atoms with Gasteiger partial charge in [-0.25, -0.2) is 8.42 Å². The van der Waals surface area contributed by atoms with Crippen LogP contribution in [0.2, 0.25) is 0 Å². The summed E-state index contributed by atoms with van der Waals surface area (Å²) in [7, 11) is -3.64. The quantitative estimate of drug-likeness (QED) is 0.810. The van der Waals surface area contributed by atoms with Crippen LogP contribution in [0.5, 0.6) is 0 Å². The van der Waals surface area contributed by atoms with E-state index in [-0.39, 0.29) is 16.7 Å². The second kappa shape index (κ2) is 8.16. The Morgan fingerprint density at radius 2 is 1.62 bits per heavy atom. The van der Waals surface area contributed by atoms with Crippen LogP contribution < -0.4 is 4.90 Å². The molecule has 0 unspecified atom stereocenters. The summed E-state index contributed by atoms with van der Waals surface area (Å²) in [4.78, 5) is 13.3. The average Bonchev–Trinajstić information content (AvgIpc) is 2.67. The van der Waals surface area contributed by atoms with E-state index in [2.05, 4.69) is 49.9 Å². The van der Waals surface area contributed by atoms with Crippen LogP contribution in [0.25, 0.3) is 0 Å². The molecule has 1 aliphatic heterocycles. The Morgan fingerprint density at radius 1 is 1.00 bits per heavy atom. The number of nitrogens with zero attached hydrogens (tertiary/aromatic N) is 2. The highest BCUT2D eigenvalue weighted by Crippen LogP contribution is 2.26. The predicted molar refractivity (Wildman–Crippen MR) is 114 cm³/mol. The average molecular weight is 417 g/mol. The molecular weight excluding hydrogens is 388 g/mol. The number of piperazine rings is 1. The maximum absolute atomic E-state index is 13.0. The lowest BCUT2D eigenvalue weighted by atomic mass is 9.87. The molecule has 156 valence electrons. The van der Waals surface area contributed by atoms with Crippen LogP contribution in [-0.4, -0.2) is 50.0 Å². The number of anilines is 1. The van der Waals surface area contributed by atoms with Crippen LogP contribution in [-0.2, 0) is 26.7 Å². The summed E-state index contributed by atoms with van der Waals surface area (Å²) >= 11 is 0. The first-order valence-corrected chi connectivity index (χ1v) is 11.2. The van der Waals surface area contributed by atoms with Gasteiger partial charge >= 0.3 is 5.97 Å². The van der Waals surface area contributed by atoms with Crippen molar-refractivity contribution in [3.8, 4) is 0 Å². The van der Waals surface area contributed by atoms with Gasteiger partial charge in [0.15, 0.2) is 0 Å². The van der Waals surface area contributed by atoms with Gasteiger partial charge in [-0.05, 0) is 40.8 Å². The van der Waals surface area contributed by atoms with E-state index in [1.807, 2.05) is 0 Å². The van der Waals surface area contributed by atoms with Crippen molar-refractivity contribution in [1.82, 2.24) is 4.31 Å². The number of hydrogen-bond acceptors (Lipinski definition) is 4. The second-order valence-corrected chi connectivity index (χ2v) is 10.3. The van der Waals surface area contributed by atoms with Gasteiger partial charge in [-0.15, -0.1) is 0 Å². The third-order valence-electron chi connectivity index (χ3n) is 5.23. The summed E-state index contributed by atoms with van der Waals surface area (Å²) in [6.45, 7) is 8.55. The summed E-state index contributed by atoms with van der Waals surface area (Å²) in [5, 5.41) is 8.94. The zero-order valence-corrected chi connectivity index (χ0v) is 17.9. The minimum atomic E-state index is -3.64. The molecule has 1 aliphatic rings. The van der Waals surface area contributed by atoms with E-state index in [9.17, 15) is 13.2 Å². The molecule has 0 spiro atoms. The largest absolute Gasteiger partial charge is 0.481 e. The van der Waals surface area contributed by atoms with Crippen LogP contribution in [0.15, 0.2) is 53.4 Å². The van der Waals surface area contributed by atoms with Gasteiger partial charge < -0.3 is 10.0 Å². The predicted octanol–water partition coefficient (Wildman–Crippen LogP) is 3.12. The monoisotopic (exact) mass is 416 g/mol. The maximum Gasteiger partial charge on any atom is 0.307 e. The lowest BCUT2D eigenvalue weighted by Crippen LogP contribution is -2.48. The number of carboxylic acid groups (broad SMARTS) is 1. The van der Waals surface area contributed by atoms with Gasteiger partial charge in [-0.3, -0.25) is 4.79 Å². The van der Waals surface area contributed by atoms with Crippen molar-refractivity contribution in [3.05, 3.63) is 59.7 Å². The first-order valence-electron chi connectivity index (χ1n) is 9.74. The molecule has 1 fully saturated rings. The smallest absolute Gasteiger partial charge is 0.307 e. The molecule has 1 N–H and O–H groups in total. The Balaban J connectivity index is 1.69. The SMILES string of the molecule is CC(C)(C)c1ccc(N2CCN(S(=O)(=O)c3cccc(CC(=O)O)c3)CC2)cc1. The van der Waals surface area contributed by atoms with E-state index in [0.717, 1.165) is 5.69 Å². The molecule has 1 heterocycles. The van der Waals surface area contributed by atoms with Crippen molar-refractivity contribution in [1.29, 1.82) is 0 Å².